The number of piperidine rings is 1. The van der Waals surface area contributed by atoms with Crippen molar-refractivity contribution in [1.82, 2.24) is 5.32 Å². The Morgan fingerprint density at radius 1 is 1.33 bits per heavy atom. The molecule has 1 saturated heterocycles. The molecule has 0 aromatic carbocycles. The van der Waals surface area contributed by atoms with Crippen LogP contribution in [0.2, 0.25) is 0 Å². The molecule has 70 valence electrons. The monoisotopic (exact) mass is 169 g/mol. The Morgan fingerprint density at radius 2 is 2.25 bits per heavy atom. The van der Waals surface area contributed by atoms with E-state index in [9.17, 15) is 0 Å². The van der Waals surface area contributed by atoms with Crippen molar-refractivity contribution < 1.29 is 5.11 Å². The van der Waals surface area contributed by atoms with Crippen molar-refractivity contribution in [2.24, 2.45) is 0 Å². The fourth-order valence-corrected chi connectivity index (χ4v) is 1.58. The van der Waals surface area contributed by atoms with Crippen molar-refractivity contribution in [2.75, 3.05) is 13.2 Å². The zero-order chi connectivity index (χ0) is 8.65. The Morgan fingerprint density at radius 3 is 2.92 bits per heavy atom. The van der Waals surface area contributed by atoms with Crippen LogP contribution in [0.15, 0.2) is 12.2 Å². The summed E-state index contributed by atoms with van der Waals surface area (Å²) >= 11 is 0. The molecule has 0 aromatic heterocycles. The molecule has 0 aromatic rings. The summed E-state index contributed by atoms with van der Waals surface area (Å²) in [6, 6.07) is 0.689. The maximum Gasteiger partial charge on any atom is 0.0465 e. The Hall–Kier alpha value is -0.340. The second kappa shape index (κ2) is 6.21. The van der Waals surface area contributed by atoms with Crippen LogP contribution >= 0.6 is 0 Å². The first-order valence-corrected chi connectivity index (χ1v) is 4.92. The molecule has 2 heteroatoms. The molecule has 2 N–H and O–H groups in total. The number of hydrogen-bond acceptors (Lipinski definition) is 2. The fraction of sp³-hybridized carbons (Fsp3) is 0.800. The van der Waals surface area contributed by atoms with E-state index in [1.807, 2.05) is 0 Å². The zero-order valence-corrected chi connectivity index (χ0v) is 7.63. The van der Waals surface area contributed by atoms with Gasteiger partial charge in [0.15, 0.2) is 0 Å². The molecule has 1 fully saturated rings. The minimum Gasteiger partial charge on any atom is -0.396 e. The largest absolute Gasteiger partial charge is 0.396 e. The van der Waals surface area contributed by atoms with Gasteiger partial charge in [0, 0.05) is 12.6 Å². The predicted octanol–water partition coefficient (Wildman–Crippen LogP) is 1.46. The second-order valence-corrected chi connectivity index (χ2v) is 3.37. The summed E-state index contributed by atoms with van der Waals surface area (Å²) in [4.78, 5) is 0. The molecule has 0 bridgehead atoms. The highest BCUT2D eigenvalue weighted by molar-refractivity contribution is 4.87. The average Bonchev–Trinajstić information content (AvgIpc) is 2.14. The molecule has 1 atom stereocenters. The van der Waals surface area contributed by atoms with Crippen molar-refractivity contribution in [1.29, 1.82) is 0 Å². The van der Waals surface area contributed by atoms with Crippen LogP contribution in [0.5, 0.6) is 0 Å². The third kappa shape index (κ3) is 3.88. The van der Waals surface area contributed by atoms with E-state index < -0.39 is 0 Å². The quantitative estimate of drug-likeness (QED) is 0.624. The van der Waals surface area contributed by atoms with Gasteiger partial charge in [-0.2, -0.15) is 0 Å². The first-order valence-electron chi connectivity index (χ1n) is 4.92. The topological polar surface area (TPSA) is 32.3 Å². The summed E-state index contributed by atoms with van der Waals surface area (Å²) in [7, 11) is 0. The van der Waals surface area contributed by atoms with E-state index in [0.29, 0.717) is 6.04 Å². The number of hydrogen-bond donors (Lipinski definition) is 2. The SMILES string of the molecule is OCC/C=C\CC1CCCCN1. The van der Waals surface area contributed by atoms with Crippen LogP contribution in [-0.2, 0) is 0 Å². The summed E-state index contributed by atoms with van der Waals surface area (Å²) < 4.78 is 0. The van der Waals surface area contributed by atoms with Crippen molar-refractivity contribution >= 4 is 0 Å². The Balaban J connectivity index is 2.04. The van der Waals surface area contributed by atoms with Gasteiger partial charge in [0.25, 0.3) is 0 Å². The van der Waals surface area contributed by atoms with Crippen molar-refractivity contribution in [2.45, 2.75) is 38.1 Å². The van der Waals surface area contributed by atoms with Crippen LogP contribution in [0.3, 0.4) is 0 Å². The molecule has 1 rings (SSSR count). The van der Waals surface area contributed by atoms with Gasteiger partial charge in [-0.05, 0) is 32.2 Å². The first kappa shape index (κ1) is 9.75. The van der Waals surface area contributed by atoms with E-state index in [1.165, 1.54) is 25.8 Å². The maximum atomic E-state index is 8.54. The predicted molar refractivity (Wildman–Crippen MR) is 51.1 cm³/mol. The summed E-state index contributed by atoms with van der Waals surface area (Å²) in [6.07, 6.45) is 10.2. The molecular weight excluding hydrogens is 150 g/mol. The molecular formula is C10H19NO. The van der Waals surface area contributed by atoms with Crippen LogP contribution in [0, 0.1) is 0 Å². The van der Waals surface area contributed by atoms with Gasteiger partial charge in [0.2, 0.25) is 0 Å². The van der Waals surface area contributed by atoms with E-state index in [1.54, 1.807) is 0 Å². The van der Waals surface area contributed by atoms with Crippen molar-refractivity contribution in [3.8, 4) is 0 Å². The third-order valence-corrected chi connectivity index (χ3v) is 2.30. The fourth-order valence-electron chi connectivity index (χ4n) is 1.58. The van der Waals surface area contributed by atoms with Crippen LogP contribution in [0.4, 0.5) is 0 Å². The molecule has 0 amide bonds. The zero-order valence-electron chi connectivity index (χ0n) is 7.63. The van der Waals surface area contributed by atoms with Gasteiger partial charge in [0.05, 0.1) is 0 Å². The van der Waals surface area contributed by atoms with Gasteiger partial charge in [0.1, 0.15) is 0 Å². The lowest BCUT2D eigenvalue weighted by Crippen LogP contribution is -2.33. The standard InChI is InChI=1S/C10H19NO/c12-9-5-1-2-6-10-7-3-4-8-11-10/h1-2,10-12H,3-9H2/b2-1-. The first-order chi connectivity index (χ1) is 5.93. The summed E-state index contributed by atoms with van der Waals surface area (Å²) in [5, 5.41) is 12.0. The Labute approximate surface area is 74.7 Å². The van der Waals surface area contributed by atoms with Crippen LogP contribution in [-0.4, -0.2) is 24.3 Å². The lowest BCUT2D eigenvalue weighted by molar-refractivity contribution is 0.302. The maximum absolute atomic E-state index is 8.54. The molecule has 1 aliphatic heterocycles. The molecule has 0 aliphatic carbocycles. The number of rotatable bonds is 4. The van der Waals surface area contributed by atoms with Crippen LogP contribution in [0.25, 0.3) is 0 Å². The second-order valence-electron chi connectivity index (χ2n) is 3.37. The van der Waals surface area contributed by atoms with E-state index >= 15 is 0 Å². The molecule has 0 spiro atoms. The summed E-state index contributed by atoms with van der Waals surface area (Å²) in [5.41, 5.74) is 0. The Kier molecular flexibility index (Phi) is 5.04. The third-order valence-electron chi connectivity index (χ3n) is 2.30. The van der Waals surface area contributed by atoms with Gasteiger partial charge in [-0.3, -0.25) is 0 Å². The minimum absolute atomic E-state index is 0.272. The van der Waals surface area contributed by atoms with E-state index in [2.05, 4.69) is 17.5 Å². The van der Waals surface area contributed by atoms with Gasteiger partial charge in [-0.25, -0.2) is 0 Å². The smallest absolute Gasteiger partial charge is 0.0465 e. The van der Waals surface area contributed by atoms with Gasteiger partial charge in [-0.15, -0.1) is 0 Å². The summed E-state index contributed by atoms with van der Waals surface area (Å²) in [5.74, 6) is 0. The highest BCUT2D eigenvalue weighted by Gasteiger charge is 2.09. The van der Waals surface area contributed by atoms with Crippen molar-refractivity contribution in [3.63, 3.8) is 0 Å². The normalized spacial score (nSPS) is 24.9. The van der Waals surface area contributed by atoms with Crippen LogP contribution in [0.1, 0.15) is 32.1 Å². The van der Waals surface area contributed by atoms with Crippen molar-refractivity contribution in [3.05, 3.63) is 12.2 Å². The minimum atomic E-state index is 0.272. The molecule has 12 heavy (non-hydrogen) atoms. The van der Waals surface area contributed by atoms with Gasteiger partial charge >= 0.3 is 0 Å². The van der Waals surface area contributed by atoms with E-state index in [-0.39, 0.29) is 6.61 Å². The highest BCUT2D eigenvalue weighted by Crippen LogP contribution is 2.10. The number of aliphatic hydroxyl groups is 1. The molecule has 1 aliphatic rings. The van der Waals surface area contributed by atoms with E-state index in [0.717, 1.165) is 12.8 Å². The van der Waals surface area contributed by atoms with Gasteiger partial charge < -0.3 is 10.4 Å². The molecule has 1 heterocycles. The lowest BCUT2D eigenvalue weighted by Gasteiger charge is -2.21. The summed E-state index contributed by atoms with van der Waals surface area (Å²) in [6.45, 7) is 1.45. The molecule has 0 radical (unpaired) electrons. The van der Waals surface area contributed by atoms with Crippen LogP contribution < -0.4 is 5.32 Å². The molecule has 0 saturated carbocycles. The number of aliphatic hydroxyl groups excluding tert-OH is 1. The lowest BCUT2D eigenvalue weighted by atomic mass is 10.0. The molecule has 1 unspecified atom stereocenters. The average molecular weight is 169 g/mol. The highest BCUT2D eigenvalue weighted by atomic mass is 16.2. The number of nitrogens with one attached hydrogen (secondary N) is 1. The Bertz CT molecular complexity index is 128. The van der Waals surface area contributed by atoms with Gasteiger partial charge in [-0.1, -0.05) is 18.6 Å². The van der Waals surface area contributed by atoms with E-state index in [4.69, 9.17) is 5.11 Å². The molecule has 2 nitrogen and oxygen atoms in total.